The Morgan fingerprint density at radius 3 is 2.43 bits per heavy atom. The van der Waals surface area contributed by atoms with Gasteiger partial charge in [0, 0.05) is 18.4 Å². The second kappa shape index (κ2) is 8.06. The summed E-state index contributed by atoms with van der Waals surface area (Å²) in [5, 5.41) is 3.84. The van der Waals surface area contributed by atoms with Crippen LogP contribution in [-0.2, 0) is 0 Å². The molecule has 0 aliphatic rings. The second-order valence-electron chi connectivity index (χ2n) is 6.39. The number of urea groups is 1. The van der Waals surface area contributed by atoms with Crippen LogP contribution in [0.5, 0.6) is 0 Å². The zero-order valence-corrected chi connectivity index (χ0v) is 15.7. The second-order valence-corrected chi connectivity index (χ2v) is 12.6. The summed E-state index contributed by atoms with van der Waals surface area (Å²) in [5.41, 5.74) is 0.673. The van der Waals surface area contributed by atoms with E-state index >= 15 is 0 Å². The van der Waals surface area contributed by atoms with E-state index in [1.165, 1.54) is 0 Å². The number of carbonyl (C=O) groups excluding carboxylic acids is 1. The number of anilines is 1. The molecule has 0 bridgehead atoms. The van der Waals surface area contributed by atoms with Gasteiger partial charge < -0.3 is 10.2 Å². The van der Waals surface area contributed by atoms with Crippen molar-refractivity contribution in [1.29, 1.82) is 0 Å². The van der Waals surface area contributed by atoms with Crippen molar-refractivity contribution in [3.05, 3.63) is 28.2 Å². The minimum Gasteiger partial charge on any atom is -0.327 e. The molecule has 0 aromatic heterocycles. The number of hydrogen-bond acceptors (Lipinski definition) is 1. The first-order chi connectivity index (χ1) is 9.73. The highest BCUT2D eigenvalue weighted by molar-refractivity contribution is 6.76. The van der Waals surface area contributed by atoms with Crippen LogP contribution in [-0.4, -0.2) is 31.7 Å². The first-order valence-corrected chi connectivity index (χ1v) is 11.7. The Hall–Kier alpha value is -0.713. The Labute approximate surface area is 138 Å². The predicted octanol–water partition coefficient (Wildman–Crippen LogP) is 5.50. The summed E-state index contributed by atoms with van der Waals surface area (Å²) in [6.07, 6.45) is 2.93. The van der Waals surface area contributed by atoms with Crippen LogP contribution in [0, 0.1) is 0 Å². The standard InChI is InChI=1S/C15H24Cl2N2OSi/c1-5-6-9-19(11-21(2,3)4)15(20)18-12-7-8-13(16)14(17)10-12/h7-8,10H,5-6,9,11H2,1-4H3,(H,18,20). The predicted molar refractivity (Wildman–Crippen MR) is 95.3 cm³/mol. The first kappa shape index (κ1) is 18.3. The third-order valence-electron chi connectivity index (χ3n) is 2.90. The molecular weight excluding hydrogens is 323 g/mol. The average molecular weight is 347 g/mol. The highest BCUT2D eigenvalue weighted by Gasteiger charge is 2.22. The van der Waals surface area contributed by atoms with E-state index in [9.17, 15) is 4.79 Å². The summed E-state index contributed by atoms with van der Waals surface area (Å²) in [7, 11) is -1.35. The summed E-state index contributed by atoms with van der Waals surface area (Å²) in [5.74, 6) is 0. The molecule has 3 nitrogen and oxygen atoms in total. The number of amides is 2. The van der Waals surface area contributed by atoms with E-state index < -0.39 is 8.07 Å². The highest BCUT2D eigenvalue weighted by Crippen LogP contribution is 2.25. The molecule has 0 spiro atoms. The molecule has 2 amide bonds. The van der Waals surface area contributed by atoms with Crippen LogP contribution < -0.4 is 5.32 Å². The summed E-state index contributed by atoms with van der Waals surface area (Å²) in [6, 6.07) is 5.06. The molecule has 0 saturated heterocycles. The lowest BCUT2D eigenvalue weighted by molar-refractivity contribution is 0.218. The third kappa shape index (κ3) is 6.72. The fourth-order valence-corrected chi connectivity index (χ4v) is 3.70. The fourth-order valence-electron chi connectivity index (χ4n) is 1.95. The van der Waals surface area contributed by atoms with Gasteiger partial charge in [-0.15, -0.1) is 0 Å². The van der Waals surface area contributed by atoms with Crippen molar-refractivity contribution in [2.75, 3.05) is 18.0 Å². The number of benzene rings is 1. The van der Waals surface area contributed by atoms with Gasteiger partial charge in [0.1, 0.15) is 0 Å². The van der Waals surface area contributed by atoms with Crippen LogP contribution in [0.3, 0.4) is 0 Å². The molecule has 1 rings (SSSR count). The van der Waals surface area contributed by atoms with Crippen molar-refractivity contribution in [1.82, 2.24) is 4.90 Å². The van der Waals surface area contributed by atoms with Crippen LogP contribution >= 0.6 is 23.2 Å². The number of carbonyl (C=O) groups is 1. The minimum absolute atomic E-state index is 0.0655. The van der Waals surface area contributed by atoms with Crippen molar-refractivity contribution in [3.8, 4) is 0 Å². The van der Waals surface area contributed by atoms with Crippen molar-refractivity contribution < 1.29 is 4.79 Å². The summed E-state index contributed by atoms with van der Waals surface area (Å²) >= 11 is 11.9. The van der Waals surface area contributed by atoms with E-state index in [1.807, 2.05) is 4.90 Å². The summed E-state index contributed by atoms with van der Waals surface area (Å²) in [4.78, 5) is 14.4. The lowest BCUT2D eigenvalue weighted by Gasteiger charge is -2.29. The van der Waals surface area contributed by atoms with E-state index in [0.29, 0.717) is 15.7 Å². The van der Waals surface area contributed by atoms with Gasteiger partial charge in [0.2, 0.25) is 0 Å². The van der Waals surface area contributed by atoms with Gasteiger partial charge in [0.05, 0.1) is 18.1 Å². The average Bonchev–Trinajstić information content (AvgIpc) is 2.37. The lowest BCUT2D eigenvalue weighted by atomic mass is 10.3. The number of nitrogens with one attached hydrogen (secondary N) is 1. The van der Waals surface area contributed by atoms with Gasteiger partial charge >= 0.3 is 6.03 Å². The van der Waals surface area contributed by atoms with Crippen molar-refractivity contribution in [3.63, 3.8) is 0 Å². The normalized spacial score (nSPS) is 11.3. The number of nitrogens with zero attached hydrogens (tertiary/aromatic N) is 1. The molecule has 0 heterocycles. The van der Waals surface area contributed by atoms with Gasteiger partial charge in [0.25, 0.3) is 0 Å². The summed E-state index contributed by atoms with van der Waals surface area (Å²) in [6.45, 7) is 9.70. The first-order valence-electron chi connectivity index (χ1n) is 7.24. The molecule has 0 unspecified atom stereocenters. The molecule has 0 aliphatic heterocycles. The number of unbranched alkanes of at least 4 members (excludes halogenated alkanes) is 1. The summed E-state index contributed by atoms with van der Waals surface area (Å²) < 4.78 is 0. The maximum atomic E-state index is 12.5. The molecule has 1 aromatic rings. The molecule has 0 fully saturated rings. The number of halogens is 2. The van der Waals surface area contributed by atoms with Crippen molar-refractivity contribution in [2.45, 2.75) is 39.4 Å². The van der Waals surface area contributed by atoms with Crippen LogP contribution in [0.1, 0.15) is 19.8 Å². The lowest BCUT2D eigenvalue weighted by Crippen LogP contribution is -2.45. The Morgan fingerprint density at radius 2 is 1.90 bits per heavy atom. The molecule has 1 N–H and O–H groups in total. The van der Waals surface area contributed by atoms with Crippen molar-refractivity contribution in [2.24, 2.45) is 0 Å². The Kier molecular flexibility index (Phi) is 7.04. The molecule has 0 atom stereocenters. The maximum Gasteiger partial charge on any atom is 0.321 e. The van der Waals surface area contributed by atoms with Crippen LogP contribution in [0.2, 0.25) is 29.7 Å². The smallest absolute Gasteiger partial charge is 0.321 e. The van der Waals surface area contributed by atoms with Crippen LogP contribution in [0.25, 0.3) is 0 Å². The number of hydrogen-bond donors (Lipinski definition) is 1. The highest BCUT2D eigenvalue weighted by atomic mass is 35.5. The third-order valence-corrected chi connectivity index (χ3v) is 4.97. The van der Waals surface area contributed by atoms with Gasteiger partial charge in [-0.1, -0.05) is 56.2 Å². The monoisotopic (exact) mass is 346 g/mol. The van der Waals surface area contributed by atoms with Gasteiger partial charge in [-0.2, -0.15) is 0 Å². The zero-order valence-electron chi connectivity index (χ0n) is 13.2. The molecule has 0 aliphatic carbocycles. The van der Waals surface area contributed by atoms with E-state index in [4.69, 9.17) is 23.2 Å². The quantitative estimate of drug-likeness (QED) is 0.677. The molecule has 6 heteroatoms. The van der Waals surface area contributed by atoms with Gasteiger partial charge in [-0.3, -0.25) is 0 Å². The van der Waals surface area contributed by atoms with E-state index in [1.54, 1.807) is 18.2 Å². The van der Waals surface area contributed by atoms with Gasteiger partial charge in [-0.05, 0) is 24.6 Å². The Balaban J connectivity index is 2.77. The topological polar surface area (TPSA) is 32.3 Å². The van der Waals surface area contributed by atoms with E-state index in [0.717, 1.165) is 25.6 Å². The molecule has 0 radical (unpaired) electrons. The zero-order chi connectivity index (χ0) is 16.0. The molecule has 0 saturated carbocycles. The molecule has 1 aromatic carbocycles. The molecular formula is C15H24Cl2N2OSi. The van der Waals surface area contributed by atoms with E-state index in [2.05, 4.69) is 31.9 Å². The van der Waals surface area contributed by atoms with Crippen LogP contribution in [0.4, 0.5) is 10.5 Å². The maximum absolute atomic E-state index is 12.5. The van der Waals surface area contributed by atoms with E-state index in [-0.39, 0.29) is 6.03 Å². The molecule has 118 valence electrons. The molecule has 21 heavy (non-hydrogen) atoms. The Morgan fingerprint density at radius 1 is 1.24 bits per heavy atom. The minimum atomic E-state index is -1.35. The largest absolute Gasteiger partial charge is 0.327 e. The SMILES string of the molecule is CCCCN(C[Si](C)(C)C)C(=O)Nc1ccc(Cl)c(Cl)c1. The van der Waals surface area contributed by atoms with Crippen molar-refractivity contribution >= 4 is 43.0 Å². The van der Waals surface area contributed by atoms with Gasteiger partial charge in [0.15, 0.2) is 0 Å². The van der Waals surface area contributed by atoms with Crippen LogP contribution in [0.15, 0.2) is 18.2 Å². The number of rotatable bonds is 6. The Bertz CT molecular complexity index is 489. The fraction of sp³-hybridized carbons (Fsp3) is 0.533. The van der Waals surface area contributed by atoms with Gasteiger partial charge in [-0.25, -0.2) is 4.79 Å².